The van der Waals surface area contributed by atoms with E-state index in [9.17, 15) is 0 Å². The molecule has 0 saturated heterocycles. The molecule has 0 aliphatic heterocycles. The fourth-order valence-electron chi connectivity index (χ4n) is 2.54. The van der Waals surface area contributed by atoms with Crippen molar-refractivity contribution in [2.45, 2.75) is 32.7 Å². The van der Waals surface area contributed by atoms with Crippen molar-refractivity contribution < 1.29 is 0 Å². The standard InChI is InChI=1S/C17H19N3/c1-17(2,3)15-10-14-7-5-9-19-16(14)20(15)12-13-6-4-8-18-11-13/h4-11H,12H2,1-3H3. The van der Waals surface area contributed by atoms with Crippen LogP contribution in [0.1, 0.15) is 32.0 Å². The Morgan fingerprint density at radius 2 is 1.90 bits per heavy atom. The van der Waals surface area contributed by atoms with Gasteiger partial charge in [-0.1, -0.05) is 26.8 Å². The van der Waals surface area contributed by atoms with Crippen molar-refractivity contribution >= 4 is 11.0 Å². The van der Waals surface area contributed by atoms with Crippen molar-refractivity contribution in [1.29, 1.82) is 0 Å². The van der Waals surface area contributed by atoms with Crippen molar-refractivity contribution in [1.82, 2.24) is 14.5 Å². The van der Waals surface area contributed by atoms with E-state index in [4.69, 9.17) is 0 Å². The van der Waals surface area contributed by atoms with Gasteiger partial charge in [-0.15, -0.1) is 0 Å². The molecule has 0 aromatic carbocycles. The van der Waals surface area contributed by atoms with Crippen LogP contribution in [0, 0.1) is 0 Å². The Labute approximate surface area is 119 Å². The highest BCUT2D eigenvalue weighted by Crippen LogP contribution is 2.29. The number of hydrogen-bond acceptors (Lipinski definition) is 2. The summed E-state index contributed by atoms with van der Waals surface area (Å²) < 4.78 is 2.30. The third kappa shape index (κ3) is 2.31. The third-order valence-corrected chi connectivity index (χ3v) is 3.49. The van der Waals surface area contributed by atoms with Gasteiger partial charge >= 0.3 is 0 Å². The van der Waals surface area contributed by atoms with Gasteiger partial charge in [-0.05, 0) is 29.8 Å². The molecule has 0 spiro atoms. The maximum absolute atomic E-state index is 4.55. The van der Waals surface area contributed by atoms with Crippen LogP contribution in [-0.2, 0) is 12.0 Å². The van der Waals surface area contributed by atoms with Gasteiger partial charge in [0.15, 0.2) is 0 Å². The largest absolute Gasteiger partial charge is 0.325 e. The van der Waals surface area contributed by atoms with Gasteiger partial charge in [0.05, 0.1) is 6.54 Å². The van der Waals surface area contributed by atoms with Crippen LogP contribution in [0.3, 0.4) is 0 Å². The molecule has 0 unspecified atom stereocenters. The van der Waals surface area contributed by atoms with E-state index in [0.717, 1.165) is 12.2 Å². The highest BCUT2D eigenvalue weighted by molar-refractivity contribution is 5.77. The van der Waals surface area contributed by atoms with Gasteiger partial charge in [-0.3, -0.25) is 4.98 Å². The molecule has 0 aliphatic carbocycles. The zero-order valence-electron chi connectivity index (χ0n) is 12.2. The van der Waals surface area contributed by atoms with Crippen LogP contribution >= 0.6 is 0 Å². The summed E-state index contributed by atoms with van der Waals surface area (Å²) in [6.45, 7) is 7.52. The number of fused-ring (bicyclic) bond motifs is 1. The Hall–Kier alpha value is -2.16. The Bertz CT molecular complexity index is 721. The van der Waals surface area contributed by atoms with E-state index in [1.165, 1.54) is 16.6 Å². The average Bonchev–Trinajstić information content (AvgIpc) is 2.79. The maximum atomic E-state index is 4.55. The molecule has 3 heterocycles. The SMILES string of the molecule is CC(C)(C)c1cc2cccnc2n1Cc1cccnc1. The normalized spacial score (nSPS) is 11.9. The predicted molar refractivity (Wildman–Crippen MR) is 81.8 cm³/mol. The summed E-state index contributed by atoms with van der Waals surface area (Å²) >= 11 is 0. The first kappa shape index (κ1) is 12.9. The molecule has 0 amide bonds. The second-order valence-corrected chi connectivity index (χ2v) is 6.14. The Balaban J connectivity index is 2.16. The summed E-state index contributed by atoms with van der Waals surface area (Å²) in [6, 6.07) is 10.4. The molecule has 3 aromatic rings. The molecule has 0 atom stereocenters. The lowest BCUT2D eigenvalue weighted by Crippen LogP contribution is -2.18. The number of aromatic nitrogens is 3. The minimum Gasteiger partial charge on any atom is -0.325 e. The molecule has 102 valence electrons. The van der Waals surface area contributed by atoms with E-state index in [1.54, 1.807) is 6.20 Å². The summed E-state index contributed by atoms with van der Waals surface area (Å²) in [6.07, 6.45) is 5.58. The molecule has 0 bridgehead atoms. The first-order valence-electron chi connectivity index (χ1n) is 6.89. The van der Waals surface area contributed by atoms with Crippen molar-refractivity contribution in [2.24, 2.45) is 0 Å². The molecular formula is C17H19N3. The van der Waals surface area contributed by atoms with Crippen LogP contribution in [0.5, 0.6) is 0 Å². The second-order valence-electron chi connectivity index (χ2n) is 6.14. The number of nitrogens with zero attached hydrogens (tertiary/aromatic N) is 3. The summed E-state index contributed by atoms with van der Waals surface area (Å²) in [7, 11) is 0. The third-order valence-electron chi connectivity index (χ3n) is 3.49. The quantitative estimate of drug-likeness (QED) is 0.706. The van der Waals surface area contributed by atoms with E-state index in [-0.39, 0.29) is 5.41 Å². The van der Waals surface area contributed by atoms with E-state index in [0.29, 0.717) is 0 Å². The van der Waals surface area contributed by atoms with Crippen molar-refractivity contribution in [3.63, 3.8) is 0 Å². The monoisotopic (exact) mass is 265 g/mol. The topological polar surface area (TPSA) is 30.7 Å². The molecule has 3 nitrogen and oxygen atoms in total. The van der Waals surface area contributed by atoms with Gasteiger partial charge in [-0.2, -0.15) is 0 Å². The van der Waals surface area contributed by atoms with Gasteiger partial charge in [0.25, 0.3) is 0 Å². The Morgan fingerprint density at radius 3 is 2.60 bits per heavy atom. The van der Waals surface area contributed by atoms with Gasteiger partial charge in [0.2, 0.25) is 0 Å². The Morgan fingerprint density at radius 1 is 1.10 bits per heavy atom. The highest BCUT2D eigenvalue weighted by Gasteiger charge is 2.21. The van der Waals surface area contributed by atoms with Crippen LogP contribution in [0.15, 0.2) is 48.9 Å². The van der Waals surface area contributed by atoms with Crippen molar-refractivity contribution in [2.75, 3.05) is 0 Å². The number of rotatable bonds is 2. The van der Waals surface area contributed by atoms with E-state index in [2.05, 4.69) is 53.5 Å². The predicted octanol–water partition coefficient (Wildman–Crippen LogP) is 3.78. The molecule has 20 heavy (non-hydrogen) atoms. The van der Waals surface area contributed by atoms with Gasteiger partial charge in [0, 0.05) is 35.1 Å². The molecule has 0 aliphatic rings. The zero-order valence-corrected chi connectivity index (χ0v) is 12.2. The maximum Gasteiger partial charge on any atom is 0.140 e. The van der Waals surface area contributed by atoms with Crippen LogP contribution in [-0.4, -0.2) is 14.5 Å². The van der Waals surface area contributed by atoms with E-state index in [1.807, 2.05) is 24.5 Å². The van der Waals surface area contributed by atoms with Crippen LogP contribution in [0.25, 0.3) is 11.0 Å². The summed E-state index contributed by atoms with van der Waals surface area (Å²) in [5.74, 6) is 0. The first-order chi connectivity index (χ1) is 9.55. The summed E-state index contributed by atoms with van der Waals surface area (Å²) in [5.41, 5.74) is 3.63. The number of pyridine rings is 2. The second kappa shape index (κ2) is 4.75. The lowest BCUT2D eigenvalue weighted by molar-refractivity contribution is 0.535. The lowest BCUT2D eigenvalue weighted by Gasteiger charge is -2.21. The first-order valence-corrected chi connectivity index (χ1v) is 6.89. The minimum absolute atomic E-state index is 0.0862. The fraction of sp³-hybridized carbons (Fsp3) is 0.294. The fourth-order valence-corrected chi connectivity index (χ4v) is 2.54. The molecule has 0 fully saturated rings. The summed E-state index contributed by atoms with van der Waals surface area (Å²) in [4.78, 5) is 8.76. The molecule has 3 heteroatoms. The van der Waals surface area contributed by atoms with Gasteiger partial charge < -0.3 is 4.57 Å². The van der Waals surface area contributed by atoms with Crippen molar-refractivity contribution in [3.05, 3.63) is 60.2 Å². The number of hydrogen-bond donors (Lipinski definition) is 0. The molecule has 0 N–H and O–H groups in total. The molecular weight excluding hydrogens is 246 g/mol. The zero-order chi connectivity index (χ0) is 14.2. The van der Waals surface area contributed by atoms with Crippen LogP contribution in [0.2, 0.25) is 0 Å². The highest BCUT2D eigenvalue weighted by atomic mass is 15.0. The van der Waals surface area contributed by atoms with E-state index >= 15 is 0 Å². The molecule has 0 radical (unpaired) electrons. The summed E-state index contributed by atoms with van der Waals surface area (Å²) in [5, 5.41) is 1.20. The molecule has 3 rings (SSSR count). The van der Waals surface area contributed by atoms with Gasteiger partial charge in [0.1, 0.15) is 5.65 Å². The average molecular weight is 265 g/mol. The lowest BCUT2D eigenvalue weighted by atomic mass is 9.92. The van der Waals surface area contributed by atoms with Crippen molar-refractivity contribution in [3.8, 4) is 0 Å². The Kier molecular flexibility index (Phi) is 3.05. The van der Waals surface area contributed by atoms with Crippen LogP contribution < -0.4 is 0 Å². The van der Waals surface area contributed by atoms with Gasteiger partial charge in [-0.25, -0.2) is 4.98 Å². The minimum atomic E-state index is 0.0862. The molecule has 3 aromatic heterocycles. The smallest absolute Gasteiger partial charge is 0.140 e. The molecule has 0 saturated carbocycles. The van der Waals surface area contributed by atoms with E-state index < -0.39 is 0 Å². The van der Waals surface area contributed by atoms with Crippen LogP contribution in [0.4, 0.5) is 0 Å².